The summed E-state index contributed by atoms with van der Waals surface area (Å²) in [5.74, 6) is 1.73. The maximum absolute atomic E-state index is 13.7. The molecule has 3 saturated carbocycles. The number of rotatable bonds is 10. The van der Waals surface area contributed by atoms with Gasteiger partial charge in [-0.05, 0) is 80.5 Å². The smallest absolute Gasteiger partial charge is 0.311 e. The van der Waals surface area contributed by atoms with Gasteiger partial charge >= 0.3 is 5.97 Å². The number of amidine groups is 1. The molecule has 0 aromatic heterocycles. The summed E-state index contributed by atoms with van der Waals surface area (Å²) >= 11 is 1.41. The van der Waals surface area contributed by atoms with E-state index in [1.807, 2.05) is 30.0 Å². The number of hydrogen-bond acceptors (Lipinski definition) is 7. The minimum Gasteiger partial charge on any atom is -0.466 e. The number of aliphatic imine (C=N–C) groups is 1. The van der Waals surface area contributed by atoms with Crippen LogP contribution in [0, 0.1) is 23.7 Å². The third kappa shape index (κ3) is 5.53. The Hall–Kier alpha value is -2.07. The van der Waals surface area contributed by atoms with Gasteiger partial charge < -0.3 is 19.1 Å². The Morgan fingerprint density at radius 1 is 1.26 bits per heavy atom. The van der Waals surface area contributed by atoms with E-state index in [2.05, 4.69) is 9.44 Å². The van der Waals surface area contributed by atoms with Crippen LogP contribution in [0.4, 0.5) is 11.4 Å². The predicted molar refractivity (Wildman–Crippen MR) is 139 cm³/mol. The van der Waals surface area contributed by atoms with Gasteiger partial charge in [-0.3, -0.25) is 9.59 Å². The quantitative estimate of drug-likeness (QED) is 0.358. The highest BCUT2D eigenvalue weighted by Crippen LogP contribution is 2.51. The zero-order chi connectivity index (χ0) is 24.5. The molecule has 1 aromatic rings. The summed E-state index contributed by atoms with van der Waals surface area (Å²) in [5, 5.41) is 0. The van der Waals surface area contributed by atoms with Crippen molar-refractivity contribution in [3.8, 4) is 0 Å². The summed E-state index contributed by atoms with van der Waals surface area (Å²) in [7, 11) is -1.15. The van der Waals surface area contributed by atoms with Gasteiger partial charge in [-0.2, -0.15) is 0 Å². The molecule has 3 fully saturated rings. The summed E-state index contributed by atoms with van der Waals surface area (Å²) in [5.41, 5.74) is 1.55. The van der Waals surface area contributed by atoms with E-state index in [1.165, 1.54) is 24.8 Å². The minimum absolute atomic E-state index is 0.0347. The van der Waals surface area contributed by atoms with E-state index in [1.54, 1.807) is 6.26 Å². The monoisotopic (exact) mass is 518 g/mol. The lowest BCUT2D eigenvalue weighted by Crippen LogP contribution is -2.51. The second-order valence-corrected chi connectivity index (χ2v) is 12.1. The molecule has 4 unspecified atom stereocenters. The van der Waals surface area contributed by atoms with Gasteiger partial charge in [-0.1, -0.05) is 12.8 Å². The summed E-state index contributed by atoms with van der Waals surface area (Å²) < 4.78 is 23.0. The molecule has 4 aliphatic rings. The molecule has 0 saturated heterocycles. The molecule has 1 amide bonds. The van der Waals surface area contributed by atoms with Crippen molar-refractivity contribution in [1.82, 2.24) is 9.62 Å². The first-order valence-electron chi connectivity index (χ1n) is 12.6. The summed E-state index contributed by atoms with van der Waals surface area (Å²) in [6.07, 6.45) is 8.40. The van der Waals surface area contributed by atoms with E-state index in [9.17, 15) is 13.8 Å². The van der Waals surface area contributed by atoms with Crippen LogP contribution >= 0.6 is 11.9 Å². The molecule has 3 aliphatic carbocycles. The SMILES string of the molecule is CCOC(=O)C1C2CCC(C2)[C@@H]1N(CCC1CC1)C(=O)CC1=Nc2ccc(NS(C)=O)cc2SN1. The molecule has 2 N–H and O–H groups in total. The highest BCUT2D eigenvalue weighted by atomic mass is 32.2. The zero-order valence-electron chi connectivity index (χ0n) is 20.3. The van der Waals surface area contributed by atoms with Crippen LogP contribution in [0.25, 0.3) is 0 Å². The van der Waals surface area contributed by atoms with Crippen LogP contribution in [0.2, 0.25) is 0 Å². The lowest BCUT2D eigenvalue weighted by molar-refractivity contribution is -0.154. The Labute approximate surface area is 213 Å². The maximum Gasteiger partial charge on any atom is 0.311 e. The van der Waals surface area contributed by atoms with E-state index >= 15 is 0 Å². The average Bonchev–Trinajstić information content (AvgIpc) is 3.42. The lowest BCUT2D eigenvalue weighted by Gasteiger charge is -2.39. The second kappa shape index (κ2) is 10.5. The Bertz CT molecular complexity index is 1040. The van der Waals surface area contributed by atoms with Crippen LogP contribution in [-0.4, -0.2) is 52.3 Å². The average molecular weight is 519 g/mol. The fourth-order valence-electron chi connectivity index (χ4n) is 5.97. The topological polar surface area (TPSA) is 100 Å². The second-order valence-electron chi connectivity index (χ2n) is 10.1. The highest BCUT2D eigenvalue weighted by molar-refractivity contribution is 7.98. The normalized spacial score (nSPS) is 27.4. The lowest BCUT2D eigenvalue weighted by atomic mass is 9.83. The predicted octanol–water partition coefficient (Wildman–Crippen LogP) is 4.03. The molecule has 35 heavy (non-hydrogen) atoms. The van der Waals surface area contributed by atoms with E-state index < -0.39 is 11.0 Å². The fourth-order valence-corrected chi connectivity index (χ4v) is 7.18. The van der Waals surface area contributed by atoms with Gasteiger partial charge in [0.25, 0.3) is 0 Å². The van der Waals surface area contributed by atoms with Crippen molar-refractivity contribution >= 4 is 52.0 Å². The van der Waals surface area contributed by atoms with E-state index in [-0.39, 0.29) is 30.3 Å². The third-order valence-electron chi connectivity index (χ3n) is 7.66. The van der Waals surface area contributed by atoms with Crippen molar-refractivity contribution in [3.05, 3.63) is 18.2 Å². The Morgan fingerprint density at radius 2 is 2.06 bits per heavy atom. The van der Waals surface area contributed by atoms with Crippen LogP contribution in [0.15, 0.2) is 28.1 Å². The molecule has 1 aromatic carbocycles. The van der Waals surface area contributed by atoms with Crippen molar-refractivity contribution in [3.63, 3.8) is 0 Å². The Balaban J connectivity index is 1.33. The molecule has 10 heteroatoms. The van der Waals surface area contributed by atoms with Gasteiger partial charge in [0.2, 0.25) is 5.91 Å². The molecule has 8 nitrogen and oxygen atoms in total. The molecule has 5 rings (SSSR count). The first-order valence-corrected chi connectivity index (χ1v) is 15.0. The number of amides is 1. The van der Waals surface area contributed by atoms with Crippen LogP contribution in [-0.2, 0) is 25.3 Å². The summed E-state index contributed by atoms with van der Waals surface area (Å²) in [6.45, 7) is 2.92. The molecule has 190 valence electrons. The van der Waals surface area contributed by atoms with Crippen molar-refractivity contribution in [2.24, 2.45) is 28.7 Å². The van der Waals surface area contributed by atoms with Gasteiger partial charge in [0.1, 0.15) is 16.8 Å². The third-order valence-corrected chi connectivity index (χ3v) is 9.07. The van der Waals surface area contributed by atoms with Gasteiger partial charge in [-0.25, -0.2) is 9.20 Å². The maximum atomic E-state index is 13.7. The molecule has 1 aliphatic heterocycles. The van der Waals surface area contributed by atoms with Gasteiger partial charge in [-0.15, -0.1) is 0 Å². The number of benzene rings is 1. The number of ether oxygens (including phenoxy) is 1. The molecule has 1 heterocycles. The number of hydrogen-bond donors (Lipinski definition) is 2. The molecule has 0 radical (unpaired) electrons. The Kier molecular flexibility index (Phi) is 7.39. The van der Waals surface area contributed by atoms with Crippen molar-refractivity contribution in [2.45, 2.75) is 62.8 Å². The van der Waals surface area contributed by atoms with Crippen molar-refractivity contribution < 1.29 is 18.5 Å². The van der Waals surface area contributed by atoms with Crippen LogP contribution in [0.1, 0.15) is 51.9 Å². The molecule has 5 atom stereocenters. The van der Waals surface area contributed by atoms with Crippen LogP contribution in [0.3, 0.4) is 0 Å². The number of fused-ring (bicyclic) bond motifs is 3. The summed E-state index contributed by atoms with van der Waals surface area (Å²) in [6, 6.07) is 5.56. The van der Waals surface area contributed by atoms with E-state index in [4.69, 9.17) is 9.73 Å². The van der Waals surface area contributed by atoms with Crippen molar-refractivity contribution in [2.75, 3.05) is 24.1 Å². The fraction of sp³-hybridized carbons (Fsp3) is 0.640. The first kappa shape index (κ1) is 24.6. The number of esters is 1. The molecule has 0 spiro atoms. The van der Waals surface area contributed by atoms with Gasteiger partial charge in [0, 0.05) is 24.5 Å². The summed E-state index contributed by atoms with van der Waals surface area (Å²) in [4.78, 5) is 34.3. The van der Waals surface area contributed by atoms with Gasteiger partial charge in [0.15, 0.2) is 0 Å². The number of nitrogens with one attached hydrogen (secondary N) is 2. The highest BCUT2D eigenvalue weighted by Gasteiger charge is 2.54. The first-order chi connectivity index (χ1) is 16.9. The molecular weight excluding hydrogens is 484 g/mol. The van der Waals surface area contributed by atoms with Gasteiger partial charge in [0.05, 0.1) is 29.5 Å². The van der Waals surface area contributed by atoms with Crippen LogP contribution in [0.5, 0.6) is 0 Å². The standard InChI is InChI=1S/C25H34N4O4S2/c1-3-33-25(31)23-16-6-7-17(12-16)24(23)29(11-10-15-4-5-15)22(30)14-21-26-19-9-8-18(28-35(2)32)13-20(19)34-27-21/h8-9,13,15-17,23-24,28H,3-7,10-12,14H2,1-2H3,(H,26,27)/t16?,17?,23?,24-,35?/m0/s1. The number of carbonyl (C=O) groups is 2. The minimum atomic E-state index is -1.15. The van der Waals surface area contributed by atoms with Crippen molar-refractivity contribution in [1.29, 1.82) is 0 Å². The largest absolute Gasteiger partial charge is 0.466 e. The van der Waals surface area contributed by atoms with E-state index in [0.717, 1.165) is 42.0 Å². The number of anilines is 1. The van der Waals surface area contributed by atoms with Crippen LogP contribution < -0.4 is 9.44 Å². The molecular formula is C25H34N4O4S2. The Morgan fingerprint density at radius 3 is 2.80 bits per heavy atom. The molecule has 2 bridgehead atoms. The number of nitrogens with zero attached hydrogens (tertiary/aromatic N) is 2. The zero-order valence-corrected chi connectivity index (χ0v) is 22.0. The van der Waals surface area contributed by atoms with E-state index in [0.29, 0.717) is 36.7 Å². The number of carbonyl (C=O) groups excluding carboxylic acids is 2.